The second-order valence-corrected chi connectivity index (χ2v) is 6.90. The summed E-state index contributed by atoms with van der Waals surface area (Å²) in [6, 6.07) is 16.0. The van der Waals surface area contributed by atoms with Crippen molar-refractivity contribution >= 4 is 21.6 Å². The summed E-state index contributed by atoms with van der Waals surface area (Å²) in [4.78, 5) is 13.6. The standard InChI is InChI=1S/C17H20N2O3S/c1-14-8-6-7-11-17(14)23(21,22)18-12-13-19(15(2)20)16-9-4-3-5-10-16/h3-11,18H,12-13H2,1-2H3. The summed E-state index contributed by atoms with van der Waals surface area (Å²) >= 11 is 0. The first-order valence-electron chi connectivity index (χ1n) is 7.30. The third-order valence-corrected chi connectivity index (χ3v) is 5.08. The quantitative estimate of drug-likeness (QED) is 0.883. The average Bonchev–Trinajstić information content (AvgIpc) is 2.52. The number of benzene rings is 2. The molecule has 23 heavy (non-hydrogen) atoms. The molecule has 2 rings (SSSR count). The lowest BCUT2D eigenvalue weighted by Crippen LogP contribution is -2.37. The molecule has 0 atom stereocenters. The summed E-state index contributed by atoms with van der Waals surface area (Å²) in [7, 11) is -3.58. The van der Waals surface area contributed by atoms with Crippen molar-refractivity contribution in [1.29, 1.82) is 0 Å². The first kappa shape index (κ1) is 17.2. The first-order valence-corrected chi connectivity index (χ1v) is 8.78. The van der Waals surface area contributed by atoms with Crippen LogP contribution in [0.1, 0.15) is 12.5 Å². The molecular formula is C17H20N2O3S. The van der Waals surface area contributed by atoms with Crippen LogP contribution >= 0.6 is 0 Å². The van der Waals surface area contributed by atoms with Crippen LogP contribution in [0, 0.1) is 6.92 Å². The topological polar surface area (TPSA) is 66.5 Å². The largest absolute Gasteiger partial charge is 0.311 e. The zero-order valence-electron chi connectivity index (χ0n) is 13.2. The Morgan fingerprint density at radius 2 is 1.65 bits per heavy atom. The highest BCUT2D eigenvalue weighted by atomic mass is 32.2. The van der Waals surface area contributed by atoms with E-state index in [1.807, 2.05) is 30.3 Å². The normalized spacial score (nSPS) is 11.2. The Morgan fingerprint density at radius 3 is 2.26 bits per heavy atom. The molecule has 0 heterocycles. The van der Waals surface area contributed by atoms with Crippen LogP contribution in [0.15, 0.2) is 59.5 Å². The minimum atomic E-state index is -3.58. The second kappa shape index (κ2) is 7.39. The molecule has 0 bridgehead atoms. The van der Waals surface area contributed by atoms with Gasteiger partial charge in [0, 0.05) is 25.7 Å². The van der Waals surface area contributed by atoms with Gasteiger partial charge < -0.3 is 4.90 Å². The van der Waals surface area contributed by atoms with Gasteiger partial charge in [-0.2, -0.15) is 0 Å². The van der Waals surface area contributed by atoms with Gasteiger partial charge in [-0.1, -0.05) is 36.4 Å². The van der Waals surface area contributed by atoms with Crippen molar-refractivity contribution in [3.63, 3.8) is 0 Å². The van der Waals surface area contributed by atoms with Gasteiger partial charge in [0.15, 0.2) is 0 Å². The Bertz CT molecular complexity index is 773. The highest BCUT2D eigenvalue weighted by Crippen LogP contribution is 2.15. The van der Waals surface area contributed by atoms with E-state index in [9.17, 15) is 13.2 Å². The number of amides is 1. The molecule has 0 aliphatic heterocycles. The van der Waals surface area contributed by atoms with Gasteiger partial charge in [0.25, 0.3) is 0 Å². The predicted octanol–water partition coefficient (Wildman–Crippen LogP) is 2.33. The maximum atomic E-state index is 12.3. The van der Waals surface area contributed by atoms with E-state index in [2.05, 4.69) is 4.72 Å². The lowest BCUT2D eigenvalue weighted by atomic mass is 10.2. The molecule has 0 radical (unpaired) electrons. The summed E-state index contributed by atoms with van der Waals surface area (Å²) in [5.41, 5.74) is 1.43. The number of rotatable bonds is 6. The third-order valence-electron chi connectivity index (χ3n) is 3.46. The molecule has 1 amide bonds. The number of para-hydroxylation sites is 1. The van der Waals surface area contributed by atoms with E-state index in [0.29, 0.717) is 5.56 Å². The van der Waals surface area contributed by atoms with Crippen molar-refractivity contribution in [3.8, 4) is 0 Å². The maximum absolute atomic E-state index is 12.3. The first-order chi connectivity index (χ1) is 10.9. The summed E-state index contributed by atoms with van der Waals surface area (Å²) in [6.07, 6.45) is 0. The number of nitrogens with zero attached hydrogens (tertiary/aromatic N) is 1. The van der Waals surface area contributed by atoms with Crippen LogP contribution in [-0.4, -0.2) is 27.4 Å². The summed E-state index contributed by atoms with van der Waals surface area (Å²) in [5.74, 6) is -0.133. The van der Waals surface area contributed by atoms with Gasteiger partial charge in [0.1, 0.15) is 0 Å². The van der Waals surface area contributed by atoms with Crippen molar-refractivity contribution in [1.82, 2.24) is 4.72 Å². The van der Waals surface area contributed by atoms with Crippen LogP contribution in [0.25, 0.3) is 0 Å². The van der Waals surface area contributed by atoms with Gasteiger partial charge >= 0.3 is 0 Å². The molecular weight excluding hydrogens is 312 g/mol. The van der Waals surface area contributed by atoms with Crippen LogP contribution in [0.5, 0.6) is 0 Å². The molecule has 122 valence electrons. The predicted molar refractivity (Wildman–Crippen MR) is 90.8 cm³/mol. The number of sulfonamides is 1. The molecule has 2 aromatic carbocycles. The number of aryl methyl sites for hydroxylation is 1. The van der Waals surface area contributed by atoms with Crippen molar-refractivity contribution in [2.24, 2.45) is 0 Å². The van der Waals surface area contributed by atoms with Crippen LogP contribution < -0.4 is 9.62 Å². The Labute approximate surface area is 137 Å². The number of nitrogens with one attached hydrogen (secondary N) is 1. The van der Waals surface area contributed by atoms with Gasteiger partial charge in [-0.25, -0.2) is 13.1 Å². The molecule has 0 unspecified atom stereocenters. The summed E-state index contributed by atoms with van der Waals surface area (Å²) in [5, 5.41) is 0. The molecule has 0 fully saturated rings. The fraction of sp³-hybridized carbons (Fsp3) is 0.235. The molecule has 0 saturated carbocycles. The van der Waals surface area contributed by atoms with E-state index in [1.165, 1.54) is 6.92 Å². The zero-order valence-corrected chi connectivity index (χ0v) is 14.0. The van der Waals surface area contributed by atoms with E-state index < -0.39 is 10.0 Å². The van der Waals surface area contributed by atoms with Crippen LogP contribution in [0.3, 0.4) is 0 Å². The molecule has 0 aromatic heterocycles. The van der Waals surface area contributed by atoms with Gasteiger partial charge in [0.05, 0.1) is 4.90 Å². The van der Waals surface area contributed by atoms with Gasteiger partial charge in [-0.15, -0.1) is 0 Å². The highest BCUT2D eigenvalue weighted by Gasteiger charge is 2.17. The van der Waals surface area contributed by atoms with Crippen molar-refractivity contribution in [2.45, 2.75) is 18.7 Å². The summed E-state index contributed by atoms with van der Waals surface area (Å²) < 4.78 is 27.2. The minimum Gasteiger partial charge on any atom is -0.311 e. The average molecular weight is 332 g/mol. The van der Waals surface area contributed by atoms with Crippen LogP contribution in [-0.2, 0) is 14.8 Å². The molecule has 6 heteroatoms. The van der Waals surface area contributed by atoms with Gasteiger partial charge in [-0.3, -0.25) is 4.79 Å². The second-order valence-electron chi connectivity index (χ2n) is 5.17. The van der Waals surface area contributed by atoms with E-state index in [-0.39, 0.29) is 23.9 Å². The molecule has 2 aromatic rings. The maximum Gasteiger partial charge on any atom is 0.240 e. The van der Waals surface area contributed by atoms with Crippen molar-refractivity contribution < 1.29 is 13.2 Å². The minimum absolute atomic E-state index is 0.133. The lowest BCUT2D eigenvalue weighted by Gasteiger charge is -2.21. The molecule has 5 nitrogen and oxygen atoms in total. The molecule has 1 N–H and O–H groups in total. The van der Waals surface area contributed by atoms with Gasteiger partial charge in [0.2, 0.25) is 15.9 Å². The smallest absolute Gasteiger partial charge is 0.240 e. The Hall–Kier alpha value is -2.18. The Morgan fingerprint density at radius 1 is 1.04 bits per heavy atom. The van der Waals surface area contributed by atoms with E-state index in [1.54, 1.807) is 36.1 Å². The molecule has 0 aliphatic carbocycles. The number of hydrogen-bond donors (Lipinski definition) is 1. The molecule has 0 aliphatic rings. The zero-order chi connectivity index (χ0) is 16.9. The lowest BCUT2D eigenvalue weighted by molar-refractivity contribution is -0.116. The van der Waals surface area contributed by atoms with Crippen LogP contribution in [0.2, 0.25) is 0 Å². The third kappa shape index (κ3) is 4.40. The molecule has 0 saturated heterocycles. The van der Waals surface area contributed by atoms with E-state index >= 15 is 0 Å². The SMILES string of the molecule is CC(=O)N(CCNS(=O)(=O)c1ccccc1C)c1ccccc1. The molecule has 0 spiro atoms. The van der Waals surface area contributed by atoms with E-state index in [0.717, 1.165) is 5.69 Å². The van der Waals surface area contributed by atoms with E-state index in [4.69, 9.17) is 0 Å². The number of carbonyl (C=O) groups is 1. The monoisotopic (exact) mass is 332 g/mol. The Kier molecular flexibility index (Phi) is 5.52. The highest BCUT2D eigenvalue weighted by molar-refractivity contribution is 7.89. The van der Waals surface area contributed by atoms with Gasteiger partial charge in [-0.05, 0) is 30.7 Å². The number of hydrogen-bond acceptors (Lipinski definition) is 3. The van der Waals surface area contributed by atoms with Crippen LogP contribution in [0.4, 0.5) is 5.69 Å². The van der Waals surface area contributed by atoms with Crippen molar-refractivity contribution in [2.75, 3.05) is 18.0 Å². The fourth-order valence-electron chi connectivity index (χ4n) is 2.30. The fourth-order valence-corrected chi connectivity index (χ4v) is 3.57. The Balaban J connectivity index is 2.06. The van der Waals surface area contributed by atoms with Crippen molar-refractivity contribution in [3.05, 3.63) is 60.2 Å². The number of carbonyl (C=O) groups excluding carboxylic acids is 1. The number of anilines is 1. The summed E-state index contributed by atoms with van der Waals surface area (Å²) in [6.45, 7) is 3.62.